The van der Waals surface area contributed by atoms with Crippen molar-refractivity contribution in [2.75, 3.05) is 13.1 Å². The molecule has 3 unspecified atom stereocenters. The lowest BCUT2D eigenvalue weighted by atomic mass is 9.98. The molecule has 0 bridgehead atoms. The van der Waals surface area contributed by atoms with Gasteiger partial charge in [-0.2, -0.15) is 0 Å². The zero-order valence-electron chi connectivity index (χ0n) is 16.8. The number of pyridine rings is 1. The van der Waals surface area contributed by atoms with Crippen LogP contribution in [0.4, 0.5) is 0 Å². The lowest BCUT2D eigenvalue weighted by Gasteiger charge is -2.19. The molecule has 1 aliphatic carbocycles. The molecule has 1 saturated carbocycles. The minimum atomic E-state index is -0.000537. The lowest BCUT2D eigenvalue weighted by molar-refractivity contribution is 0.0781. The Morgan fingerprint density at radius 1 is 1.21 bits per heavy atom. The Morgan fingerprint density at radius 3 is 2.69 bits per heavy atom. The van der Waals surface area contributed by atoms with Crippen LogP contribution in [-0.2, 0) is 0 Å². The molecule has 2 N–H and O–H groups in total. The highest BCUT2D eigenvalue weighted by Gasteiger charge is 2.43. The number of halogens is 1. The molecule has 5 rings (SSSR count). The van der Waals surface area contributed by atoms with Crippen LogP contribution in [0, 0.1) is 32.6 Å². The molecule has 29 heavy (non-hydrogen) atoms. The molecule has 1 amide bonds. The van der Waals surface area contributed by atoms with Gasteiger partial charge in [0.1, 0.15) is 11.5 Å². The fourth-order valence-corrected chi connectivity index (χ4v) is 4.93. The molecule has 4 heterocycles. The standard InChI is InChI=1S/C21H24N4O3.ClH/c1-10-6-14(12(3)27-10)18-7-15(19-11(2)24-28-20(19)23-18)21(26)25-8-13-4-5-17(22)16(13)9-25;/h6-7,13,16-17H,4-5,8-9,22H2,1-3H3;1H. The van der Waals surface area contributed by atoms with Gasteiger partial charge in [0.05, 0.1) is 22.3 Å². The highest BCUT2D eigenvalue weighted by Crippen LogP contribution is 2.38. The predicted molar refractivity (Wildman–Crippen MR) is 111 cm³/mol. The molecule has 0 spiro atoms. The summed E-state index contributed by atoms with van der Waals surface area (Å²) < 4.78 is 11.1. The van der Waals surface area contributed by atoms with E-state index < -0.39 is 0 Å². The Bertz CT molecular complexity index is 1090. The molecule has 1 saturated heterocycles. The van der Waals surface area contributed by atoms with Gasteiger partial charge in [-0.15, -0.1) is 12.4 Å². The van der Waals surface area contributed by atoms with Gasteiger partial charge in [0, 0.05) is 24.7 Å². The van der Waals surface area contributed by atoms with Gasteiger partial charge in [-0.05, 0) is 57.6 Å². The zero-order valence-corrected chi connectivity index (χ0v) is 17.6. The molecular weight excluding hydrogens is 392 g/mol. The van der Waals surface area contributed by atoms with Crippen LogP contribution in [0.5, 0.6) is 0 Å². The van der Waals surface area contributed by atoms with Gasteiger partial charge in [0.2, 0.25) is 0 Å². The van der Waals surface area contributed by atoms with Gasteiger partial charge < -0.3 is 19.6 Å². The quantitative estimate of drug-likeness (QED) is 0.684. The van der Waals surface area contributed by atoms with Crippen LogP contribution in [0.3, 0.4) is 0 Å². The molecule has 8 heteroatoms. The first-order valence-electron chi connectivity index (χ1n) is 9.81. The van der Waals surface area contributed by atoms with E-state index in [9.17, 15) is 4.79 Å². The largest absolute Gasteiger partial charge is 0.466 e. The number of rotatable bonds is 2. The third kappa shape index (κ3) is 3.13. The van der Waals surface area contributed by atoms with Crippen molar-refractivity contribution in [1.29, 1.82) is 0 Å². The van der Waals surface area contributed by atoms with Crippen molar-refractivity contribution in [2.45, 2.75) is 39.7 Å². The van der Waals surface area contributed by atoms with Crippen molar-refractivity contribution in [2.24, 2.45) is 17.6 Å². The molecule has 3 aromatic rings. The van der Waals surface area contributed by atoms with Crippen LogP contribution in [0.1, 0.15) is 40.4 Å². The minimum Gasteiger partial charge on any atom is -0.466 e. The number of hydrogen-bond donors (Lipinski definition) is 1. The van der Waals surface area contributed by atoms with E-state index in [4.69, 9.17) is 14.7 Å². The third-order valence-electron chi connectivity index (χ3n) is 6.36. The number of aryl methyl sites for hydroxylation is 3. The van der Waals surface area contributed by atoms with Crippen molar-refractivity contribution in [3.63, 3.8) is 0 Å². The Morgan fingerprint density at radius 2 is 2.00 bits per heavy atom. The van der Waals surface area contributed by atoms with E-state index in [1.165, 1.54) is 0 Å². The number of furan rings is 1. The highest BCUT2D eigenvalue weighted by atomic mass is 35.5. The molecule has 1 aliphatic heterocycles. The SMILES string of the molecule is Cc1cc(-c2cc(C(=O)N3CC4CCC(N)C4C3)c3c(C)noc3n2)c(C)o1.Cl. The van der Waals surface area contributed by atoms with Crippen molar-refractivity contribution in [3.8, 4) is 11.3 Å². The number of hydrogen-bond acceptors (Lipinski definition) is 6. The van der Waals surface area contributed by atoms with E-state index in [0.29, 0.717) is 39.9 Å². The second-order valence-corrected chi connectivity index (χ2v) is 8.21. The lowest BCUT2D eigenvalue weighted by Crippen LogP contribution is -2.33. The molecule has 0 radical (unpaired) electrons. The van der Waals surface area contributed by atoms with E-state index in [0.717, 1.165) is 43.0 Å². The second-order valence-electron chi connectivity index (χ2n) is 8.21. The molecule has 3 aromatic heterocycles. The maximum absolute atomic E-state index is 13.5. The number of fused-ring (bicyclic) bond motifs is 2. The molecule has 2 aliphatic rings. The van der Waals surface area contributed by atoms with E-state index in [-0.39, 0.29) is 24.4 Å². The fourth-order valence-electron chi connectivity index (χ4n) is 4.93. The summed E-state index contributed by atoms with van der Waals surface area (Å²) in [5.74, 6) is 2.48. The van der Waals surface area contributed by atoms with Crippen LogP contribution in [0.2, 0.25) is 0 Å². The first-order chi connectivity index (χ1) is 13.4. The minimum absolute atomic E-state index is 0. The van der Waals surface area contributed by atoms with Gasteiger partial charge in [-0.3, -0.25) is 4.79 Å². The molecule has 0 aromatic carbocycles. The summed E-state index contributed by atoms with van der Waals surface area (Å²) in [6, 6.07) is 3.98. The number of likely N-dealkylation sites (tertiary alicyclic amines) is 1. The summed E-state index contributed by atoms with van der Waals surface area (Å²) in [6.45, 7) is 7.12. The molecule has 3 atom stereocenters. The van der Waals surface area contributed by atoms with E-state index >= 15 is 0 Å². The fraction of sp³-hybridized carbons (Fsp3) is 0.476. The number of aromatic nitrogens is 2. The van der Waals surface area contributed by atoms with Gasteiger partial charge in [0.25, 0.3) is 11.6 Å². The number of nitrogens with zero attached hydrogens (tertiary/aromatic N) is 3. The molecule has 7 nitrogen and oxygen atoms in total. The molecular formula is C21H25ClN4O3. The van der Waals surface area contributed by atoms with Crippen LogP contribution >= 0.6 is 12.4 Å². The normalized spacial score (nSPS) is 23.4. The average Bonchev–Trinajstić information content (AvgIpc) is 3.40. The Balaban J connectivity index is 0.00000205. The Labute approximate surface area is 175 Å². The van der Waals surface area contributed by atoms with Gasteiger partial charge >= 0.3 is 0 Å². The zero-order chi connectivity index (χ0) is 19.6. The average molecular weight is 417 g/mol. The predicted octanol–water partition coefficient (Wildman–Crippen LogP) is 3.64. The number of amides is 1. The maximum atomic E-state index is 13.5. The monoisotopic (exact) mass is 416 g/mol. The second kappa shape index (κ2) is 7.15. The smallest absolute Gasteiger partial charge is 0.259 e. The van der Waals surface area contributed by atoms with Gasteiger partial charge in [-0.1, -0.05) is 5.16 Å². The topological polar surface area (TPSA) is 98.4 Å². The summed E-state index contributed by atoms with van der Waals surface area (Å²) in [4.78, 5) is 20.0. The summed E-state index contributed by atoms with van der Waals surface area (Å²) in [5, 5.41) is 4.73. The number of carbonyl (C=O) groups excluding carboxylic acids is 1. The van der Waals surface area contributed by atoms with Crippen LogP contribution in [0.15, 0.2) is 21.1 Å². The van der Waals surface area contributed by atoms with E-state index in [2.05, 4.69) is 10.1 Å². The van der Waals surface area contributed by atoms with E-state index in [1.54, 1.807) is 0 Å². The van der Waals surface area contributed by atoms with Crippen LogP contribution in [0.25, 0.3) is 22.4 Å². The third-order valence-corrected chi connectivity index (χ3v) is 6.36. The van der Waals surface area contributed by atoms with Gasteiger partial charge in [-0.25, -0.2) is 4.98 Å². The van der Waals surface area contributed by atoms with Crippen molar-refractivity contribution < 1.29 is 13.7 Å². The molecule has 2 fully saturated rings. The van der Waals surface area contributed by atoms with Crippen molar-refractivity contribution >= 4 is 29.4 Å². The summed E-state index contributed by atoms with van der Waals surface area (Å²) in [5.41, 5.74) is 9.43. The summed E-state index contributed by atoms with van der Waals surface area (Å²) in [6.07, 6.45) is 2.16. The Hall–Kier alpha value is -2.38. The van der Waals surface area contributed by atoms with E-state index in [1.807, 2.05) is 37.8 Å². The highest BCUT2D eigenvalue weighted by molar-refractivity contribution is 6.07. The first-order valence-corrected chi connectivity index (χ1v) is 9.81. The summed E-state index contributed by atoms with van der Waals surface area (Å²) in [7, 11) is 0. The summed E-state index contributed by atoms with van der Waals surface area (Å²) >= 11 is 0. The van der Waals surface area contributed by atoms with Crippen molar-refractivity contribution in [1.82, 2.24) is 15.0 Å². The van der Waals surface area contributed by atoms with Crippen LogP contribution in [-0.4, -0.2) is 40.1 Å². The van der Waals surface area contributed by atoms with Crippen molar-refractivity contribution in [3.05, 3.63) is 34.9 Å². The van der Waals surface area contributed by atoms with Gasteiger partial charge in [0.15, 0.2) is 0 Å². The number of carbonyl (C=O) groups is 1. The Kier molecular flexibility index (Phi) is 4.91. The molecule has 154 valence electrons. The maximum Gasteiger partial charge on any atom is 0.259 e. The number of nitrogens with two attached hydrogens (primary N) is 1. The first kappa shape index (κ1) is 19.9. The van der Waals surface area contributed by atoms with Crippen LogP contribution < -0.4 is 5.73 Å².